The lowest BCUT2D eigenvalue weighted by Crippen LogP contribution is -2.30. The normalized spacial score (nSPS) is 13.4. The van der Waals surface area contributed by atoms with Gasteiger partial charge in [0.2, 0.25) is 0 Å². The minimum Gasteiger partial charge on any atom is -0.367 e. The first-order valence-electron chi connectivity index (χ1n) is 9.77. The summed E-state index contributed by atoms with van der Waals surface area (Å²) in [5.74, 6) is -0.217. The maximum atomic E-state index is 12.6. The Morgan fingerprint density at radius 3 is 2.90 bits per heavy atom. The van der Waals surface area contributed by atoms with Crippen molar-refractivity contribution in [3.8, 4) is 0 Å². The molecule has 0 bridgehead atoms. The molecule has 0 saturated carbocycles. The van der Waals surface area contributed by atoms with Crippen LogP contribution in [0, 0.1) is 0 Å². The van der Waals surface area contributed by atoms with Crippen molar-refractivity contribution in [2.45, 2.75) is 25.7 Å². The van der Waals surface area contributed by atoms with Gasteiger partial charge in [-0.05, 0) is 55.5 Å². The van der Waals surface area contributed by atoms with Crippen molar-refractivity contribution >= 4 is 45.0 Å². The minimum atomic E-state index is -0.217. The molecular formula is C22H20ClN5O. The van der Waals surface area contributed by atoms with E-state index in [4.69, 9.17) is 16.6 Å². The summed E-state index contributed by atoms with van der Waals surface area (Å²) in [4.78, 5) is 17.5. The number of nitrogens with one attached hydrogen (secondary N) is 3. The van der Waals surface area contributed by atoms with Crippen molar-refractivity contribution in [2.24, 2.45) is 0 Å². The number of rotatable bonds is 4. The van der Waals surface area contributed by atoms with Crippen molar-refractivity contribution in [1.82, 2.24) is 20.5 Å². The number of anilines is 1. The summed E-state index contributed by atoms with van der Waals surface area (Å²) in [7, 11) is 0. The predicted molar refractivity (Wildman–Crippen MR) is 115 cm³/mol. The molecule has 2 aromatic carbocycles. The highest BCUT2D eigenvalue weighted by Gasteiger charge is 2.19. The van der Waals surface area contributed by atoms with Gasteiger partial charge in [-0.3, -0.25) is 14.9 Å². The van der Waals surface area contributed by atoms with Gasteiger partial charge in [-0.2, -0.15) is 5.10 Å². The van der Waals surface area contributed by atoms with E-state index in [2.05, 4.69) is 20.8 Å². The van der Waals surface area contributed by atoms with Crippen LogP contribution < -0.4 is 10.6 Å². The fraction of sp³-hybridized carbons (Fsp3) is 0.227. The fourth-order valence-corrected chi connectivity index (χ4v) is 4.20. The fourth-order valence-electron chi connectivity index (χ4n) is 4.03. The molecule has 0 saturated heterocycles. The van der Waals surface area contributed by atoms with Crippen LogP contribution in [0.25, 0.3) is 21.8 Å². The average Bonchev–Trinajstić information content (AvgIpc) is 3.17. The highest BCUT2D eigenvalue weighted by molar-refractivity contribution is 6.31. The molecular weight excluding hydrogens is 386 g/mol. The third kappa shape index (κ3) is 3.29. The Balaban J connectivity index is 1.41. The molecule has 1 aliphatic carbocycles. The number of halogens is 1. The van der Waals surface area contributed by atoms with Crippen LogP contribution in [0.4, 0.5) is 5.69 Å². The van der Waals surface area contributed by atoms with Gasteiger partial charge in [0.15, 0.2) is 5.69 Å². The van der Waals surface area contributed by atoms with Crippen molar-refractivity contribution in [3.63, 3.8) is 0 Å². The summed E-state index contributed by atoms with van der Waals surface area (Å²) in [6, 6.07) is 13.4. The molecule has 1 amide bonds. The first-order chi connectivity index (χ1) is 14.2. The summed E-state index contributed by atoms with van der Waals surface area (Å²) in [5, 5.41) is 15.9. The number of pyridine rings is 1. The van der Waals surface area contributed by atoms with Crippen LogP contribution in [-0.2, 0) is 12.8 Å². The lowest BCUT2D eigenvalue weighted by Gasteiger charge is -2.22. The van der Waals surface area contributed by atoms with Crippen LogP contribution in [0.5, 0.6) is 0 Å². The number of hydrogen-bond acceptors (Lipinski definition) is 4. The summed E-state index contributed by atoms with van der Waals surface area (Å²) < 4.78 is 0. The second-order valence-corrected chi connectivity index (χ2v) is 7.69. The Kier molecular flexibility index (Phi) is 4.56. The van der Waals surface area contributed by atoms with Gasteiger partial charge >= 0.3 is 0 Å². The first kappa shape index (κ1) is 17.9. The summed E-state index contributed by atoms with van der Waals surface area (Å²) in [5.41, 5.74) is 5.52. The Morgan fingerprint density at radius 1 is 1.10 bits per heavy atom. The number of carbonyl (C=O) groups is 1. The Labute approximate surface area is 172 Å². The van der Waals surface area contributed by atoms with Crippen LogP contribution in [0.1, 0.15) is 34.6 Å². The van der Waals surface area contributed by atoms with E-state index >= 15 is 0 Å². The molecule has 0 aliphatic heterocycles. The molecule has 7 heteroatoms. The van der Waals surface area contributed by atoms with Crippen LogP contribution in [0.15, 0.2) is 42.5 Å². The number of H-pyrrole nitrogens is 1. The van der Waals surface area contributed by atoms with Crippen LogP contribution in [-0.4, -0.2) is 27.8 Å². The van der Waals surface area contributed by atoms with Crippen LogP contribution >= 0.6 is 11.6 Å². The number of amides is 1. The van der Waals surface area contributed by atoms with Gasteiger partial charge in [0.25, 0.3) is 5.91 Å². The topological polar surface area (TPSA) is 82.7 Å². The number of fused-ring (bicyclic) bond motifs is 3. The first-order valence-corrected chi connectivity index (χ1v) is 10.1. The average molecular weight is 406 g/mol. The number of benzene rings is 2. The zero-order valence-electron chi connectivity index (χ0n) is 15.8. The van der Waals surface area contributed by atoms with Gasteiger partial charge in [-0.25, -0.2) is 0 Å². The summed E-state index contributed by atoms with van der Waals surface area (Å²) in [6.45, 7) is 0.300. The van der Waals surface area contributed by atoms with E-state index in [9.17, 15) is 4.79 Å². The molecule has 1 aliphatic rings. The molecule has 6 nitrogen and oxygen atoms in total. The molecule has 4 aromatic rings. The number of aromatic nitrogens is 3. The van der Waals surface area contributed by atoms with E-state index in [1.54, 1.807) is 0 Å². The smallest absolute Gasteiger partial charge is 0.273 e. The molecule has 146 valence electrons. The molecule has 3 N–H and O–H groups in total. The van der Waals surface area contributed by atoms with Gasteiger partial charge in [0.1, 0.15) is 0 Å². The lowest BCUT2D eigenvalue weighted by molar-refractivity contribution is 0.0953. The lowest BCUT2D eigenvalue weighted by atomic mass is 9.93. The number of para-hydroxylation sites is 1. The molecule has 0 fully saturated rings. The maximum absolute atomic E-state index is 12.6. The standard InChI is InChI=1S/C22H20ClN5O/c23-13-9-10-16-19(11-13)26-17-7-3-1-5-14(17)20(16)24-12-25-22(29)21-15-6-2-4-8-18(15)27-28-21/h2,4,6,8-11H,1,3,5,7,12H2,(H,24,26)(H,25,29)(H,27,28). The monoisotopic (exact) mass is 405 g/mol. The van der Waals surface area contributed by atoms with Gasteiger partial charge in [0, 0.05) is 27.2 Å². The zero-order chi connectivity index (χ0) is 19.8. The summed E-state index contributed by atoms with van der Waals surface area (Å²) >= 11 is 6.18. The summed E-state index contributed by atoms with van der Waals surface area (Å²) in [6.07, 6.45) is 4.25. The zero-order valence-corrected chi connectivity index (χ0v) is 16.5. The van der Waals surface area contributed by atoms with E-state index in [-0.39, 0.29) is 5.91 Å². The quantitative estimate of drug-likeness (QED) is 0.438. The third-order valence-corrected chi connectivity index (χ3v) is 5.66. The molecule has 29 heavy (non-hydrogen) atoms. The number of nitrogens with zero attached hydrogens (tertiary/aromatic N) is 2. The van der Waals surface area contributed by atoms with Gasteiger partial charge in [-0.15, -0.1) is 0 Å². The third-order valence-electron chi connectivity index (χ3n) is 5.42. The van der Waals surface area contributed by atoms with Crippen molar-refractivity contribution < 1.29 is 4.79 Å². The molecule has 0 spiro atoms. The highest BCUT2D eigenvalue weighted by Crippen LogP contribution is 2.34. The molecule has 2 heterocycles. The van der Waals surface area contributed by atoms with Crippen LogP contribution in [0.2, 0.25) is 5.02 Å². The molecule has 0 unspecified atom stereocenters. The Bertz CT molecular complexity index is 1230. The SMILES string of the molecule is O=C(NCNc1c2c(nc3cc(Cl)ccc13)CCCC2)c1n[nH]c2ccccc12. The molecule has 0 atom stereocenters. The van der Waals surface area contributed by atoms with Gasteiger partial charge < -0.3 is 10.6 Å². The largest absolute Gasteiger partial charge is 0.367 e. The number of carbonyl (C=O) groups excluding carboxylic acids is 1. The van der Waals surface area contributed by atoms with E-state index < -0.39 is 0 Å². The van der Waals surface area contributed by atoms with E-state index in [1.165, 1.54) is 5.56 Å². The van der Waals surface area contributed by atoms with Crippen LogP contribution in [0.3, 0.4) is 0 Å². The predicted octanol–water partition coefficient (Wildman–Crippen LogP) is 4.44. The highest BCUT2D eigenvalue weighted by atomic mass is 35.5. The number of aryl methyl sites for hydroxylation is 1. The number of hydrogen-bond donors (Lipinski definition) is 3. The van der Waals surface area contributed by atoms with Crippen molar-refractivity contribution in [3.05, 3.63) is 64.4 Å². The van der Waals surface area contributed by atoms with Crippen molar-refractivity contribution in [1.29, 1.82) is 0 Å². The Hall–Kier alpha value is -3.12. The van der Waals surface area contributed by atoms with Crippen molar-refractivity contribution in [2.75, 3.05) is 12.0 Å². The maximum Gasteiger partial charge on any atom is 0.273 e. The van der Waals surface area contributed by atoms with Gasteiger partial charge in [-0.1, -0.05) is 29.8 Å². The second kappa shape index (κ2) is 7.37. The second-order valence-electron chi connectivity index (χ2n) is 7.26. The van der Waals surface area contributed by atoms with Gasteiger partial charge in [0.05, 0.1) is 17.7 Å². The minimum absolute atomic E-state index is 0.217. The Morgan fingerprint density at radius 2 is 1.97 bits per heavy atom. The van der Waals surface area contributed by atoms with E-state index in [0.717, 1.165) is 58.9 Å². The number of aromatic amines is 1. The van der Waals surface area contributed by atoms with E-state index in [1.807, 2.05) is 42.5 Å². The molecule has 0 radical (unpaired) electrons. The van der Waals surface area contributed by atoms with E-state index in [0.29, 0.717) is 17.4 Å². The molecule has 5 rings (SSSR count). The molecule has 2 aromatic heterocycles.